The van der Waals surface area contributed by atoms with Gasteiger partial charge in [-0.1, -0.05) is 17.7 Å². The number of sulfonamides is 1. The summed E-state index contributed by atoms with van der Waals surface area (Å²) in [7, 11) is -2.50. The third-order valence-electron chi connectivity index (χ3n) is 4.74. The lowest BCUT2D eigenvalue weighted by Gasteiger charge is -2.36. The maximum absolute atomic E-state index is 12.9. The van der Waals surface area contributed by atoms with E-state index in [0.717, 1.165) is 27.8 Å². The Morgan fingerprint density at radius 1 is 1.17 bits per heavy atom. The van der Waals surface area contributed by atoms with Crippen LogP contribution in [0, 0.1) is 0 Å². The molecule has 2 aromatic rings. The first-order valence-electron chi connectivity index (χ1n) is 8.90. The van der Waals surface area contributed by atoms with Crippen LogP contribution in [-0.4, -0.2) is 63.3 Å². The molecule has 0 saturated carbocycles. The molecule has 0 radical (unpaired) electrons. The van der Waals surface area contributed by atoms with Crippen molar-refractivity contribution in [2.45, 2.75) is 10.4 Å². The first-order valence-corrected chi connectivity index (χ1v) is 11.5. The number of nitrogens with zero attached hydrogens (tertiary/aromatic N) is 3. The zero-order valence-electron chi connectivity index (χ0n) is 15.9. The Morgan fingerprint density at radius 3 is 2.40 bits per heavy atom. The lowest BCUT2D eigenvalue weighted by atomic mass is 10.1. The number of carbonyl (C=O) groups excluding carboxylic acids is 1. The zero-order valence-corrected chi connectivity index (χ0v) is 18.3. The Morgan fingerprint density at radius 2 is 1.83 bits per heavy atom. The van der Waals surface area contributed by atoms with Gasteiger partial charge in [0.25, 0.3) is 10.0 Å². The summed E-state index contributed by atoms with van der Waals surface area (Å²) in [6, 6.07) is 7.91. The van der Waals surface area contributed by atoms with E-state index >= 15 is 0 Å². The fourth-order valence-corrected chi connectivity index (χ4v) is 5.87. The average Bonchev–Trinajstić information content (AvgIpc) is 3.14. The molecule has 2 heterocycles. The molecule has 0 unspecified atom stereocenters. The summed E-state index contributed by atoms with van der Waals surface area (Å²) in [6.07, 6.45) is -4.42. The summed E-state index contributed by atoms with van der Waals surface area (Å²) >= 11 is 6.70. The molecular weight excluding hydrogens is 463 g/mol. The fourth-order valence-electron chi connectivity index (χ4n) is 3.06. The summed E-state index contributed by atoms with van der Waals surface area (Å²) in [6.45, 7) is 0.942. The van der Waals surface area contributed by atoms with Gasteiger partial charge in [-0.2, -0.15) is 17.5 Å². The van der Waals surface area contributed by atoms with E-state index < -0.39 is 21.8 Å². The lowest BCUT2D eigenvalue weighted by molar-refractivity contribution is -0.137. The second kappa shape index (κ2) is 8.74. The predicted molar refractivity (Wildman–Crippen MR) is 109 cm³/mol. The minimum atomic E-state index is -4.42. The van der Waals surface area contributed by atoms with Gasteiger partial charge in [-0.15, -0.1) is 11.3 Å². The second-order valence-corrected chi connectivity index (χ2v) is 10.7. The molecule has 1 amide bonds. The van der Waals surface area contributed by atoms with Crippen LogP contribution in [0.5, 0.6) is 0 Å². The molecule has 0 aliphatic carbocycles. The normalized spacial score (nSPS) is 15.7. The van der Waals surface area contributed by atoms with Gasteiger partial charge in [0.2, 0.25) is 5.91 Å². The van der Waals surface area contributed by atoms with Crippen molar-refractivity contribution in [3.63, 3.8) is 0 Å². The van der Waals surface area contributed by atoms with Gasteiger partial charge in [0.1, 0.15) is 4.21 Å². The number of carbonyl (C=O) groups is 1. The van der Waals surface area contributed by atoms with Crippen LogP contribution in [-0.2, 0) is 21.0 Å². The third-order valence-corrected chi connectivity index (χ3v) is 8.24. The summed E-state index contributed by atoms with van der Waals surface area (Å²) < 4.78 is 65.1. The van der Waals surface area contributed by atoms with Crippen LogP contribution in [0.4, 0.5) is 18.9 Å². The Kier molecular flexibility index (Phi) is 6.66. The van der Waals surface area contributed by atoms with Crippen molar-refractivity contribution in [1.29, 1.82) is 0 Å². The smallest absolute Gasteiger partial charge is 0.368 e. The van der Waals surface area contributed by atoms with E-state index in [4.69, 9.17) is 11.6 Å². The maximum Gasteiger partial charge on any atom is 0.416 e. The standard InChI is InChI=1S/C18H19ClF3N3O3S2/c1-23(30(27,28)17-6-5-15(19)29-17)12-16(26)25-9-7-24(8-10-25)14-4-2-3-13(11-14)18(20,21)22/h2-6,11H,7-10,12H2,1H3. The first-order chi connectivity index (χ1) is 14.0. The molecule has 0 atom stereocenters. The molecule has 164 valence electrons. The topological polar surface area (TPSA) is 60.9 Å². The zero-order chi connectivity index (χ0) is 22.1. The number of thiophene rings is 1. The predicted octanol–water partition coefficient (Wildman–Crippen LogP) is 3.39. The summed E-state index contributed by atoms with van der Waals surface area (Å²) in [5.41, 5.74) is -0.287. The van der Waals surface area contributed by atoms with Gasteiger partial charge in [-0.25, -0.2) is 8.42 Å². The van der Waals surface area contributed by atoms with E-state index in [-0.39, 0.29) is 29.8 Å². The molecular formula is C18H19ClF3N3O3S2. The summed E-state index contributed by atoms with van der Waals surface area (Å²) in [5.74, 6) is -0.368. The highest BCUT2D eigenvalue weighted by atomic mass is 35.5. The Balaban J connectivity index is 1.59. The van der Waals surface area contributed by atoms with Crippen LogP contribution in [0.1, 0.15) is 5.56 Å². The molecule has 1 aliphatic heterocycles. The van der Waals surface area contributed by atoms with Crippen LogP contribution in [0.15, 0.2) is 40.6 Å². The van der Waals surface area contributed by atoms with E-state index in [9.17, 15) is 26.4 Å². The van der Waals surface area contributed by atoms with Crippen molar-refractivity contribution in [1.82, 2.24) is 9.21 Å². The number of likely N-dealkylation sites (N-methyl/N-ethyl adjacent to an activating group) is 1. The molecule has 0 spiro atoms. The van der Waals surface area contributed by atoms with Gasteiger partial charge >= 0.3 is 6.18 Å². The van der Waals surface area contributed by atoms with Gasteiger partial charge in [0, 0.05) is 38.9 Å². The Hall–Kier alpha value is -1.82. The minimum Gasteiger partial charge on any atom is -0.368 e. The van der Waals surface area contributed by atoms with Crippen molar-refractivity contribution in [3.8, 4) is 0 Å². The van der Waals surface area contributed by atoms with Crippen LogP contribution in [0.2, 0.25) is 4.34 Å². The summed E-state index contributed by atoms with van der Waals surface area (Å²) in [4.78, 5) is 15.8. The molecule has 6 nitrogen and oxygen atoms in total. The van der Waals surface area contributed by atoms with Crippen LogP contribution < -0.4 is 4.90 Å². The average molecular weight is 482 g/mol. The van der Waals surface area contributed by atoms with Gasteiger partial charge < -0.3 is 9.80 Å². The van der Waals surface area contributed by atoms with Gasteiger partial charge in [0.15, 0.2) is 0 Å². The molecule has 0 bridgehead atoms. The molecule has 1 aromatic heterocycles. The van der Waals surface area contributed by atoms with Crippen LogP contribution in [0.25, 0.3) is 0 Å². The van der Waals surface area contributed by atoms with Crippen molar-refractivity contribution in [2.24, 2.45) is 0 Å². The largest absolute Gasteiger partial charge is 0.416 e. The number of anilines is 1. The fraction of sp³-hybridized carbons (Fsp3) is 0.389. The number of benzene rings is 1. The maximum atomic E-state index is 12.9. The van der Waals surface area contributed by atoms with Crippen molar-refractivity contribution in [2.75, 3.05) is 44.7 Å². The highest BCUT2D eigenvalue weighted by Crippen LogP contribution is 2.32. The van der Waals surface area contributed by atoms with Crippen molar-refractivity contribution >= 4 is 44.6 Å². The Bertz CT molecular complexity index is 1020. The van der Waals surface area contributed by atoms with Crippen LogP contribution in [0.3, 0.4) is 0 Å². The number of piperazine rings is 1. The van der Waals surface area contributed by atoms with Crippen LogP contribution >= 0.6 is 22.9 Å². The molecule has 12 heteroatoms. The third kappa shape index (κ3) is 5.08. The SMILES string of the molecule is CN(CC(=O)N1CCN(c2cccc(C(F)(F)F)c2)CC1)S(=O)(=O)c1ccc(Cl)s1. The molecule has 1 fully saturated rings. The minimum absolute atomic E-state index is 0.0529. The number of rotatable bonds is 5. The van der Waals surface area contributed by atoms with E-state index in [0.29, 0.717) is 23.1 Å². The molecule has 3 rings (SSSR count). The number of amides is 1. The number of hydrogen-bond donors (Lipinski definition) is 0. The first kappa shape index (κ1) is 22.9. The van der Waals surface area contributed by atoms with Gasteiger partial charge in [-0.05, 0) is 30.3 Å². The number of alkyl halides is 3. The van der Waals surface area contributed by atoms with Crippen molar-refractivity contribution < 1.29 is 26.4 Å². The second-order valence-electron chi connectivity index (χ2n) is 6.74. The highest BCUT2D eigenvalue weighted by Gasteiger charge is 2.32. The molecule has 1 saturated heterocycles. The number of hydrogen-bond acceptors (Lipinski definition) is 5. The van der Waals surface area contributed by atoms with Gasteiger partial charge in [0.05, 0.1) is 16.4 Å². The molecule has 1 aliphatic rings. The molecule has 1 aromatic carbocycles. The lowest BCUT2D eigenvalue weighted by Crippen LogP contribution is -2.51. The molecule has 0 N–H and O–H groups in total. The molecule has 30 heavy (non-hydrogen) atoms. The quantitative estimate of drug-likeness (QED) is 0.657. The van der Waals surface area contributed by atoms with E-state index in [1.54, 1.807) is 11.0 Å². The van der Waals surface area contributed by atoms with Crippen molar-refractivity contribution in [3.05, 3.63) is 46.3 Å². The Labute approximate surface area is 181 Å². The van der Waals surface area contributed by atoms with Gasteiger partial charge in [-0.3, -0.25) is 4.79 Å². The van der Waals surface area contributed by atoms with E-state index in [2.05, 4.69) is 0 Å². The number of halogens is 4. The monoisotopic (exact) mass is 481 g/mol. The van der Waals surface area contributed by atoms with E-state index in [1.807, 2.05) is 0 Å². The highest BCUT2D eigenvalue weighted by molar-refractivity contribution is 7.91. The van der Waals surface area contributed by atoms with E-state index in [1.165, 1.54) is 30.1 Å². The summed E-state index contributed by atoms with van der Waals surface area (Å²) in [5, 5.41) is 0.